The van der Waals surface area contributed by atoms with Crippen molar-refractivity contribution in [3.8, 4) is 0 Å². The van der Waals surface area contributed by atoms with E-state index in [9.17, 15) is 14.4 Å². The Hall–Kier alpha value is -3.24. The molecule has 0 unspecified atom stereocenters. The van der Waals surface area contributed by atoms with Gasteiger partial charge < -0.3 is 19.9 Å². The van der Waals surface area contributed by atoms with E-state index in [2.05, 4.69) is 15.6 Å². The van der Waals surface area contributed by atoms with Gasteiger partial charge in [0.05, 0.1) is 16.8 Å². The molecule has 11 heteroatoms. The topological polar surface area (TPSA) is 104 Å². The Balaban J connectivity index is 1.30. The number of likely N-dealkylation sites (tertiary alicyclic amines) is 1. The highest BCUT2D eigenvalue weighted by atomic mass is 35.5. The minimum Gasteiger partial charge on any atom is -0.380 e. The molecule has 2 aromatic rings. The van der Waals surface area contributed by atoms with Gasteiger partial charge >= 0.3 is 6.03 Å². The minimum atomic E-state index is -0.878. The molecule has 3 aliphatic rings. The first kappa shape index (κ1) is 26.4. The molecule has 1 aromatic heterocycles. The number of nitrogens with one attached hydrogen (secondary N) is 2. The zero-order valence-corrected chi connectivity index (χ0v) is 22.0. The second-order valence-electron chi connectivity index (χ2n) is 10.2. The Labute approximate surface area is 225 Å². The van der Waals surface area contributed by atoms with E-state index in [1.165, 1.54) is 30.3 Å². The van der Waals surface area contributed by atoms with Crippen LogP contribution in [0.2, 0.25) is 5.02 Å². The number of carbonyl (C=O) groups is 3. The maximum absolute atomic E-state index is 15.3. The number of anilines is 3. The Morgan fingerprint density at radius 2 is 1.92 bits per heavy atom. The summed E-state index contributed by atoms with van der Waals surface area (Å²) in [6, 6.07) is 6.22. The van der Waals surface area contributed by atoms with Crippen LogP contribution in [-0.2, 0) is 14.3 Å². The van der Waals surface area contributed by atoms with Crippen LogP contribution < -0.4 is 15.5 Å². The normalized spacial score (nSPS) is 22.7. The number of benzene rings is 1. The smallest absolute Gasteiger partial charge is 0.323 e. The van der Waals surface area contributed by atoms with Crippen molar-refractivity contribution in [1.29, 1.82) is 0 Å². The number of amides is 4. The van der Waals surface area contributed by atoms with E-state index < -0.39 is 23.8 Å². The zero-order chi connectivity index (χ0) is 26.9. The van der Waals surface area contributed by atoms with Crippen LogP contribution in [-0.4, -0.2) is 59.1 Å². The third-order valence-electron chi connectivity index (χ3n) is 7.90. The largest absolute Gasteiger partial charge is 0.380 e. The Morgan fingerprint density at radius 1 is 1.13 bits per heavy atom. The maximum Gasteiger partial charge on any atom is 0.323 e. The van der Waals surface area contributed by atoms with Crippen molar-refractivity contribution >= 4 is 46.6 Å². The minimum absolute atomic E-state index is 0.0105. The van der Waals surface area contributed by atoms with Gasteiger partial charge in [-0.2, -0.15) is 0 Å². The highest BCUT2D eigenvalue weighted by molar-refractivity contribution is 6.30. The van der Waals surface area contributed by atoms with E-state index in [4.69, 9.17) is 16.3 Å². The van der Waals surface area contributed by atoms with Crippen LogP contribution in [0.5, 0.6) is 0 Å². The molecule has 1 aliphatic carbocycles. The number of methoxy groups -OCH3 is 1. The molecular formula is C27H31ClFN5O4. The first-order valence-corrected chi connectivity index (χ1v) is 13.3. The molecule has 9 nitrogen and oxygen atoms in total. The van der Waals surface area contributed by atoms with Crippen LogP contribution >= 0.6 is 11.6 Å². The van der Waals surface area contributed by atoms with Crippen LogP contribution in [0.4, 0.5) is 26.4 Å². The van der Waals surface area contributed by atoms with Crippen LogP contribution in [0.3, 0.4) is 0 Å². The van der Waals surface area contributed by atoms with Gasteiger partial charge in [-0.25, -0.2) is 14.2 Å². The molecule has 2 aliphatic heterocycles. The number of aromatic nitrogens is 1. The van der Waals surface area contributed by atoms with Gasteiger partial charge in [-0.15, -0.1) is 0 Å². The van der Waals surface area contributed by atoms with Gasteiger partial charge in [0.1, 0.15) is 17.7 Å². The number of nitrogens with zero attached hydrogens (tertiary/aromatic N) is 3. The Morgan fingerprint density at radius 3 is 2.61 bits per heavy atom. The van der Waals surface area contributed by atoms with Gasteiger partial charge in [-0.1, -0.05) is 30.9 Å². The average Bonchev–Trinajstić information content (AvgIpc) is 3.49. The van der Waals surface area contributed by atoms with Crippen molar-refractivity contribution < 1.29 is 23.5 Å². The van der Waals surface area contributed by atoms with Crippen LogP contribution in [0, 0.1) is 5.82 Å². The molecule has 38 heavy (non-hydrogen) atoms. The predicted molar refractivity (Wildman–Crippen MR) is 142 cm³/mol. The lowest BCUT2D eigenvalue weighted by Crippen LogP contribution is -2.47. The second kappa shape index (κ2) is 10.9. The number of pyridine rings is 1. The predicted octanol–water partition coefficient (Wildman–Crippen LogP) is 4.96. The SMILES string of the molecule is CO[C@@H]1C[C@H](C(=O)Nc2ccc(N3C(=O)CCC34CCCCC4)cc2F)N(C(=O)Nc2ccc(Cl)cn2)C1. The molecule has 3 fully saturated rings. The molecule has 5 rings (SSSR count). The fourth-order valence-corrected chi connectivity index (χ4v) is 6.07. The van der Waals surface area contributed by atoms with Gasteiger partial charge in [-0.05, 0) is 49.6 Å². The highest BCUT2D eigenvalue weighted by Gasteiger charge is 2.46. The van der Waals surface area contributed by atoms with Crippen LogP contribution in [0.1, 0.15) is 51.4 Å². The van der Waals surface area contributed by atoms with E-state index >= 15 is 4.39 Å². The molecule has 1 spiro atoms. The maximum atomic E-state index is 15.3. The number of rotatable bonds is 5. The first-order valence-electron chi connectivity index (χ1n) is 12.9. The van der Waals surface area contributed by atoms with Gasteiger partial charge in [0.2, 0.25) is 11.8 Å². The summed E-state index contributed by atoms with van der Waals surface area (Å²) in [5, 5.41) is 5.71. The van der Waals surface area contributed by atoms with Crippen LogP contribution in [0.25, 0.3) is 0 Å². The highest BCUT2D eigenvalue weighted by Crippen LogP contribution is 2.45. The van der Waals surface area contributed by atoms with E-state index in [-0.39, 0.29) is 42.0 Å². The molecular weight excluding hydrogens is 513 g/mol. The lowest BCUT2D eigenvalue weighted by Gasteiger charge is -2.41. The summed E-state index contributed by atoms with van der Waals surface area (Å²) in [4.78, 5) is 46.1. The summed E-state index contributed by atoms with van der Waals surface area (Å²) in [7, 11) is 1.51. The first-order chi connectivity index (χ1) is 18.3. The summed E-state index contributed by atoms with van der Waals surface area (Å²) in [5.41, 5.74) is 0.267. The van der Waals surface area contributed by atoms with E-state index in [1.807, 2.05) is 0 Å². The summed E-state index contributed by atoms with van der Waals surface area (Å²) < 4.78 is 20.7. The van der Waals surface area contributed by atoms with Gasteiger partial charge in [0.15, 0.2) is 0 Å². The Bertz CT molecular complexity index is 1220. The summed E-state index contributed by atoms with van der Waals surface area (Å²) in [5.74, 6) is -0.870. The molecule has 4 amide bonds. The molecule has 0 bridgehead atoms. The quantitative estimate of drug-likeness (QED) is 0.554. The molecule has 3 heterocycles. The number of urea groups is 1. The number of hydrogen-bond acceptors (Lipinski definition) is 5. The van der Waals surface area contributed by atoms with Crippen molar-refractivity contribution in [3.05, 3.63) is 47.4 Å². The fourth-order valence-electron chi connectivity index (χ4n) is 5.96. The monoisotopic (exact) mass is 543 g/mol. The molecule has 2 N–H and O–H groups in total. The van der Waals surface area contributed by atoms with E-state index in [0.29, 0.717) is 17.1 Å². The number of ether oxygens (including phenoxy) is 1. The Kier molecular flexibility index (Phi) is 7.54. The van der Waals surface area contributed by atoms with Crippen molar-refractivity contribution in [3.63, 3.8) is 0 Å². The van der Waals surface area contributed by atoms with Crippen LogP contribution in [0.15, 0.2) is 36.5 Å². The lowest BCUT2D eigenvalue weighted by atomic mass is 9.79. The van der Waals surface area contributed by atoms with E-state index in [1.54, 1.807) is 23.1 Å². The van der Waals surface area contributed by atoms with Crippen molar-refractivity contribution in [1.82, 2.24) is 9.88 Å². The van der Waals surface area contributed by atoms with Gasteiger partial charge in [-0.3, -0.25) is 14.9 Å². The van der Waals surface area contributed by atoms with Gasteiger partial charge in [0, 0.05) is 43.9 Å². The molecule has 202 valence electrons. The fraction of sp³-hybridized carbons (Fsp3) is 0.481. The van der Waals surface area contributed by atoms with Crippen molar-refractivity contribution in [2.24, 2.45) is 0 Å². The molecule has 1 saturated carbocycles. The standard InChI is InChI=1S/C27H31ClFN5O4/c1-38-19-14-22(33(16-19)26(37)32-23-8-5-17(28)15-30-23)25(36)31-21-7-6-18(13-20(21)29)34-24(35)9-12-27(34)10-3-2-4-11-27/h5-8,13,15,19,22H,2-4,9-12,14,16H2,1H3,(H,31,36)(H,30,32,37)/t19-,22-/m1/s1. The number of halogens is 2. The summed E-state index contributed by atoms with van der Waals surface area (Å²) in [6.45, 7) is 0.189. The number of carbonyl (C=O) groups excluding carboxylic acids is 3. The van der Waals surface area contributed by atoms with Crippen molar-refractivity contribution in [2.45, 2.75) is 69.1 Å². The summed E-state index contributed by atoms with van der Waals surface area (Å²) in [6.07, 6.45) is 7.67. The third kappa shape index (κ3) is 5.19. The second-order valence-corrected chi connectivity index (χ2v) is 10.7. The van der Waals surface area contributed by atoms with Gasteiger partial charge in [0.25, 0.3) is 0 Å². The molecule has 0 radical (unpaired) electrons. The molecule has 2 atom stereocenters. The molecule has 2 saturated heterocycles. The number of hydrogen-bond donors (Lipinski definition) is 2. The summed E-state index contributed by atoms with van der Waals surface area (Å²) >= 11 is 5.85. The van der Waals surface area contributed by atoms with Crippen molar-refractivity contribution in [2.75, 3.05) is 29.2 Å². The van der Waals surface area contributed by atoms with E-state index in [0.717, 1.165) is 38.5 Å². The average molecular weight is 544 g/mol. The third-order valence-corrected chi connectivity index (χ3v) is 8.13. The molecule has 1 aromatic carbocycles. The lowest BCUT2D eigenvalue weighted by molar-refractivity contribution is -0.119. The zero-order valence-electron chi connectivity index (χ0n) is 21.2.